The molecular formula is C21H28N2O2S. The number of rotatable bonds is 3. The summed E-state index contributed by atoms with van der Waals surface area (Å²) in [6.45, 7) is 1.35. The molecule has 0 radical (unpaired) electrons. The summed E-state index contributed by atoms with van der Waals surface area (Å²) in [5, 5.41) is 5.45. The molecule has 26 heavy (non-hydrogen) atoms. The number of nitrogens with zero attached hydrogens (tertiary/aromatic N) is 1. The number of hydrogen-bond donors (Lipinski definition) is 1. The normalized spacial score (nSPS) is 38.4. The first-order valence-corrected chi connectivity index (χ1v) is 11.1. The van der Waals surface area contributed by atoms with E-state index in [-0.39, 0.29) is 23.3 Å². The first-order valence-electron chi connectivity index (χ1n) is 10.2. The molecule has 4 aliphatic carbocycles. The molecule has 140 valence electrons. The van der Waals surface area contributed by atoms with Crippen LogP contribution in [-0.4, -0.2) is 35.3 Å². The average molecular weight is 373 g/mol. The lowest BCUT2D eigenvalue weighted by Gasteiger charge is -2.57. The van der Waals surface area contributed by atoms with Gasteiger partial charge in [-0.2, -0.15) is 0 Å². The number of amides is 2. The molecule has 0 spiro atoms. The van der Waals surface area contributed by atoms with Crippen LogP contribution in [0.1, 0.15) is 61.0 Å². The molecule has 0 aromatic carbocycles. The van der Waals surface area contributed by atoms with Crippen LogP contribution in [0.25, 0.3) is 0 Å². The predicted octanol–water partition coefficient (Wildman–Crippen LogP) is 3.69. The van der Waals surface area contributed by atoms with E-state index in [1.54, 1.807) is 0 Å². The van der Waals surface area contributed by atoms with Crippen LogP contribution in [-0.2, 0) is 4.79 Å². The van der Waals surface area contributed by atoms with Crippen molar-refractivity contribution in [3.63, 3.8) is 0 Å². The fourth-order valence-electron chi connectivity index (χ4n) is 6.56. The summed E-state index contributed by atoms with van der Waals surface area (Å²) in [6, 6.07) is 3.80. The smallest absolute Gasteiger partial charge is 0.263 e. The van der Waals surface area contributed by atoms with E-state index in [4.69, 9.17) is 0 Å². The molecule has 4 bridgehead atoms. The average Bonchev–Trinajstić information content (AvgIpc) is 3.14. The third-order valence-electron chi connectivity index (χ3n) is 7.24. The van der Waals surface area contributed by atoms with Gasteiger partial charge in [-0.25, -0.2) is 0 Å². The van der Waals surface area contributed by atoms with Crippen molar-refractivity contribution in [3.05, 3.63) is 22.4 Å². The van der Waals surface area contributed by atoms with Gasteiger partial charge in [0.05, 0.1) is 10.8 Å². The number of carbonyl (C=O) groups excluding carboxylic acids is 2. The monoisotopic (exact) mass is 372 g/mol. The van der Waals surface area contributed by atoms with Crippen molar-refractivity contribution in [1.82, 2.24) is 10.2 Å². The maximum absolute atomic E-state index is 13.1. The summed E-state index contributed by atoms with van der Waals surface area (Å²) in [5.41, 5.74) is 0.0753. The maximum Gasteiger partial charge on any atom is 0.263 e. The van der Waals surface area contributed by atoms with Gasteiger partial charge in [0.1, 0.15) is 0 Å². The molecule has 1 aromatic rings. The molecule has 4 saturated carbocycles. The van der Waals surface area contributed by atoms with Gasteiger partial charge in [0.15, 0.2) is 0 Å². The van der Waals surface area contributed by atoms with Gasteiger partial charge in [0, 0.05) is 18.6 Å². The van der Waals surface area contributed by atoms with Crippen LogP contribution in [0.2, 0.25) is 0 Å². The summed E-state index contributed by atoms with van der Waals surface area (Å²) in [5.74, 6) is 2.77. The van der Waals surface area contributed by atoms with Crippen LogP contribution in [0, 0.1) is 23.7 Å². The van der Waals surface area contributed by atoms with Gasteiger partial charge in [-0.15, -0.1) is 11.3 Å². The van der Waals surface area contributed by atoms with E-state index in [2.05, 4.69) is 5.32 Å². The molecule has 1 aliphatic heterocycles. The lowest BCUT2D eigenvalue weighted by molar-refractivity contribution is -0.132. The SMILES string of the molecule is O=C(NC12CC3CC(CC(C3)C1)C2)C1CCCN(C(=O)c2cccs2)C1. The molecule has 2 amide bonds. The van der Waals surface area contributed by atoms with Crippen molar-refractivity contribution in [1.29, 1.82) is 0 Å². The van der Waals surface area contributed by atoms with Crippen LogP contribution in [0.5, 0.6) is 0 Å². The second kappa shape index (κ2) is 6.36. The largest absolute Gasteiger partial charge is 0.350 e. The zero-order valence-corrected chi connectivity index (χ0v) is 16.1. The summed E-state index contributed by atoms with van der Waals surface area (Å²) in [4.78, 5) is 28.4. The second-order valence-corrected chi connectivity index (χ2v) is 10.2. The minimum atomic E-state index is -0.0410. The topological polar surface area (TPSA) is 49.4 Å². The number of piperidine rings is 1. The van der Waals surface area contributed by atoms with E-state index in [0.29, 0.717) is 6.54 Å². The van der Waals surface area contributed by atoms with Crippen molar-refractivity contribution in [2.75, 3.05) is 13.1 Å². The number of hydrogen-bond acceptors (Lipinski definition) is 3. The molecule has 2 heterocycles. The van der Waals surface area contributed by atoms with E-state index in [0.717, 1.165) is 42.0 Å². The third-order valence-corrected chi connectivity index (χ3v) is 8.10. The zero-order chi connectivity index (χ0) is 17.7. The number of likely N-dealkylation sites (tertiary alicyclic amines) is 1. The van der Waals surface area contributed by atoms with Crippen molar-refractivity contribution in [2.45, 2.75) is 56.9 Å². The summed E-state index contributed by atoms with van der Waals surface area (Å²) in [7, 11) is 0. The van der Waals surface area contributed by atoms with E-state index < -0.39 is 0 Å². The number of nitrogens with one attached hydrogen (secondary N) is 1. The zero-order valence-electron chi connectivity index (χ0n) is 15.3. The highest BCUT2D eigenvalue weighted by molar-refractivity contribution is 7.12. The number of carbonyl (C=O) groups is 2. The van der Waals surface area contributed by atoms with Crippen LogP contribution < -0.4 is 5.32 Å². The summed E-state index contributed by atoms with van der Waals surface area (Å²) >= 11 is 1.49. The van der Waals surface area contributed by atoms with Crippen molar-refractivity contribution < 1.29 is 9.59 Å². The van der Waals surface area contributed by atoms with Crippen LogP contribution in [0.15, 0.2) is 17.5 Å². The van der Waals surface area contributed by atoms with Crippen molar-refractivity contribution >= 4 is 23.2 Å². The fraction of sp³-hybridized carbons (Fsp3) is 0.714. The van der Waals surface area contributed by atoms with E-state index in [9.17, 15) is 9.59 Å². The molecule has 5 aliphatic rings. The first-order chi connectivity index (χ1) is 12.6. The highest BCUT2D eigenvalue weighted by Crippen LogP contribution is 2.55. The Morgan fingerprint density at radius 1 is 1.12 bits per heavy atom. The Kier molecular flexibility index (Phi) is 4.11. The quantitative estimate of drug-likeness (QED) is 0.880. The Morgan fingerprint density at radius 2 is 1.81 bits per heavy atom. The molecule has 5 heteroatoms. The molecule has 1 unspecified atom stereocenters. The van der Waals surface area contributed by atoms with E-state index in [1.165, 1.54) is 49.9 Å². The lowest BCUT2D eigenvalue weighted by atomic mass is 9.53. The Balaban J connectivity index is 1.25. The Bertz CT molecular complexity index is 664. The molecule has 6 rings (SSSR count). The van der Waals surface area contributed by atoms with Crippen molar-refractivity contribution in [2.24, 2.45) is 23.7 Å². The molecule has 1 atom stereocenters. The van der Waals surface area contributed by atoms with Gasteiger partial charge in [0.2, 0.25) is 5.91 Å². The molecule has 5 fully saturated rings. The highest BCUT2D eigenvalue weighted by Gasteiger charge is 2.52. The van der Waals surface area contributed by atoms with Gasteiger partial charge < -0.3 is 10.2 Å². The van der Waals surface area contributed by atoms with Gasteiger partial charge in [-0.05, 0) is 80.6 Å². The summed E-state index contributed by atoms with van der Waals surface area (Å²) < 4.78 is 0. The van der Waals surface area contributed by atoms with Crippen molar-refractivity contribution in [3.8, 4) is 0 Å². The standard InChI is InChI=1S/C21H28N2O2S/c24-19(22-21-10-14-7-15(11-21)9-16(8-14)12-21)17-3-1-5-23(13-17)20(25)18-4-2-6-26-18/h2,4,6,14-17H,1,3,5,7-13H2,(H,22,24). The molecule has 1 saturated heterocycles. The number of thiophene rings is 1. The Morgan fingerprint density at radius 3 is 2.42 bits per heavy atom. The Labute approximate surface area is 159 Å². The Hall–Kier alpha value is -1.36. The first kappa shape index (κ1) is 16.8. The van der Waals surface area contributed by atoms with E-state index >= 15 is 0 Å². The molecular weight excluding hydrogens is 344 g/mol. The van der Waals surface area contributed by atoms with Crippen LogP contribution in [0.3, 0.4) is 0 Å². The predicted molar refractivity (Wildman–Crippen MR) is 102 cm³/mol. The maximum atomic E-state index is 13.1. The lowest BCUT2D eigenvalue weighted by Crippen LogP contribution is -2.61. The van der Waals surface area contributed by atoms with Gasteiger partial charge in [-0.3, -0.25) is 9.59 Å². The molecule has 1 aromatic heterocycles. The van der Waals surface area contributed by atoms with Crippen LogP contribution in [0.4, 0.5) is 0 Å². The minimum Gasteiger partial charge on any atom is -0.350 e. The van der Waals surface area contributed by atoms with Gasteiger partial charge >= 0.3 is 0 Å². The van der Waals surface area contributed by atoms with Gasteiger partial charge in [0.25, 0.3) is 5.91 Å². The van der Waals surface area contributed by atoms with E-state index in [1.807, 2.05) is 22.4 Å². The highest BCUT2D eigenvalue weighted by atomic mass is 32.1. The molecule has 4 nitrogen and oxygen atoms in total. The second-order valence-electron chi connectivity index (χ2n) is 9.25. The molecule has 1 N–H and O–H groups in total. The minimum absolute atomic E-state index is 0.0410. The van der Waals surface area contributed by atoms with Crippen LogP contribution >= 0.6 is 11.3 Å². The summed E-state index contributed by atoms with van der Waals surface area (Å²) in [6.07, 6.45) is 9.58. The van der Waals surface area contributed by atoms with Gasteiger partial charge in [-0.1, -0.05) is 6.07 Å². The fourth-order valence-corrected chi connectivity index (χ4v) is 7.25. The third kappa shape index (κ3) is 2.98.